The van der Waals surface area contributed by atoms with Crippen LogP contribution in [0.3, 0.4) is 0 Å². The highest BCUT2D eigenvalue weighted by Gasteiger charge is 2.09. The number of aromatic nitrogens is 1. The Labute approximate surface area is 97.8 Å². The summed E-state index contributed by atoms with van der Waals surface area (Å²) in [4.78, 5) is 3.87. The maximum atomic E-state index is 13.1. The van der Waals surface area contributed by atoms with Gasteiger partial charge in [-0.1, -0.05) is 0 Å². The van der Waals surface area contributed by atoms with Crippen LogP contribution >= 0.6 is 0 Å². The van der Waals surface area contributed by atoms with Gasteiger partial charge >= 0.3 is 0 Å². The highest BCUT2D eigenvalue weighted by Crippen LogP contribution is 2.33. The second-order valence-corrected chi connectivity index (χ2v) is 3.28. The van der Waals surface area contributed by atoms with Crippen LogP contribution in [0.25, 0.3) is 0 Å². The Morgan fingerprint density at radius 1 is 1.18 bits per heavy atom. The van der Waals surface area contributed by atoms with Crippen LogP contribution < -0.4 is 15.2 Å². The van der Waals surface area contributed by atoms with Crippen molar-refractivity contribution in [2.24, 2.45) is 0 Å². The summed E-state index contributed by atoms with van der Waals surface area (Å²) in [7, 11) is 1.48. The van der Waals surface area contributed by atoms with E-state index in [0.29, 0.717) is 11.5 Å². The Balaban J connectivity index is 2.35. The summed E-state index contributed by atoms with van der Waals surface area (Å²) in [5, 5.41) is 0. The van der Waals surface area contributed by atoms with Crippen molar-refractivity contribution in [1.82, 2.24) is 4.98 Å². The zero-order chi connectivity index (χ0) is 12.3. The fraction of sp³-hybridized carbons (Fsp3) is 0.0833. The molecule has 0 amide bonds. The van der Waals surface area contributed by atoms with Crippen molar-refractivity contribution >= 4 is 5.82 Å². The monoisotopic (exact) mass is 234 g/mol. The summed E-state index contributed by atoms with van der Waals surface area (Å²) in [6, 6.07) is 7.32. The fourth-order valence-corrected chi connectivity index (χ4v) is 1.34. The standard InChI is InChI=1S/C12H11FN2O2/c1-16-9-5-4-8(13)7-11(9)17-10-3-2-6-15-12(10)14/h2-7H,1H3,(H2,14,15). The molecule has 88 valence electrons. The van der Waals surface area contributed by atoms with Crippen LogP contribution in [-0.2, 0) is 0 Å². The van der Waals surface area contributed by atoms with E-state index in [0.717, 1.165) is 0 Å². The summed E-state index contributed by atoms with van der Waals surface area (Å²) in [5.41, 5.74) is 5.63. The number of pyridine rings is 1. The van der Waals surface area contributed by atoms with Crippen LogP contribution in [0.5, 0.6) is 17.2 Å². The Morgan fingerprint density at radius 3 is 2.71 bits per heavy atom. The molecule has 1 aromatic heterocycles. The molecule has 5 heteroatoms. The summed E-state index contributed by atoms with van der Waals surface area (Å²) >= 11 is 0. The van der Waals surface area contributed by atoms with Gasteiger partial charge in [-0.3, -0.25) is 0 Å². The average Bonchev–Trinajstić information content (AvgIpc) is 2.32. The summed E-state index contributed by atoms with van der Waals surface area (Å²) in [6.45, 7) is 0. The van der Waals surface area contributed by atoms with Crippen molar-refractivity contribution < 1.29 is 13.9 Å². The number of hydrogen-bond donors (Lipinski definition) is 1. The van der Waals surface area contributed by atoms with Crippen molar-refractivity contribution in [1.29, 1.82) is 0 Å². The van der Waals surface area contributed by atoms with Gasteiger partial charge in [-0.25, -0.2) is 9.37 Å². The molecule has 1 heterocycles. The van der Waals surface area contributed by atoms with E-state index in [1.807, 2.05) is 0 Å². The topological polar surface area (TPSA) is 57.4 Å². The zero-order valence-corrected chi connectivity index (χ0v) is 9.18. The van der Waals surface area contributed by atoms with E-state index in [1.54, 1.807) is 18.3 Å². The van der Waals surface area contributed by atoms with E-state index in [-0.39, 0.29) is 11.6 Å². The van der Waals surface area contributed by atoms with Crippen LogP contribution in [0.2, 0.25) is 0 Å². The predicted octanol–water partition coefficient (Wildman–Crippen LogP) is 2.60. The fourth-order valence-electron chi connectivity index (χ4n) is 1.34. The lowest BCUT2D eigenvalue weighted by Gasteiger charge is -2.11. The van der Waals surface area contributed by atoms with Crippen molar-refractivity contribution in [3.8, 4) is 17.2 Å². The molecule has 0 spiro atoms. The second kappa shape index (κ2) is 4.69. The number of methoxy groups -OCH3 is 1. The minimum Gasteiger partial charge on any atom is -0.493 e. The number of hydrogen-bond acceptors (Lipinski definition) is 4. The molecule has 2 rings (SSSR count). The highest BCUT2D eigenvalue weighted by atomic mass is 19.1. The van der Waals surface area contributed by atoms with Crippen molar-refractivity contribution in [3.63, 3.8) is 0 Å². The van der Waals surface area contributed by atoms with Gasteiger partial charge in [-0.05, 0) is 24.3 Å². The van der Waals surface area contributed by atoms with Gasteiger partial charge in [0.25, 0.3) is 0 Å². The molecule has 0 unspecified atom stereocenters. The number of anilines is 1. The number of nitrogen functional groups attached to an aromatic ring is 1. The van der Waals surface area contributed by atoms with Crippen molar-refractivity contribution in [3.05, 3.63) is 42.3 Å². The molecule has 0 aliphatic rings. The lowest BCUT2D eigenvalue weighted by Crippen LogP contribution is -1.96. The molecule has 0 aliphatic carbocycles. The smallest absolute Gasteiger partial charge is 0.172 e. The first-order valence-electron chi connectivity index (χ1n) is 4.92. The molecule has 17 heavy (non-hydrogen) atoms. The molecule has 0 fully saturated rings. The minimum absolute atomic E-state index is 0.235. The Kier molecular flexibility index (Phi) is 3.09. The SMILES string of the molecule is COc1ccc(F)cc1Oc1cccnc1N. The lowest BCUT2D eigenvalue weighted by molar-refractivity contribution is 0.376. The number of rotatable bonds is 3. The number of nitrogens with two attached hydrogens (primary N) is 1. The maximum absolute atomic E-state index is 13.1. The summed E-state index contributed by atoms with van der Waals surface area (Å²) in [6.07, 6.45) is 1.55. The van der Waals surface area contributed by atoms with E-state index in [9.17, 15) is 4.39 Å². The van der Waals surface area contributed by atoms with Gasteiger partial charge in [0, 0.05) is 12.3 Å². The van der Waals surface area contributed by atoms with E-state index in [4.69, 9.17) is 15.2 Å². The predicted molar refractivity (Wildman–Crippen MR) is 61.7 cm³/mol. The van der Waals surface area contributed by atoms with E-state index in [2.05, 4.69) is 4.98 Å². The number of benzene rings is 1. The molecule has 0 atom stereocenters. The third-order valence-corrected chi connectivity index (χ3v) is 2.15. The molecule has 0 saturated carbocycles. The van der Waals surface area contributed by atoms with Crippen LogP contribution in [0.1, 0.15) is 0 Å². The van der Waals surface area contributed by atoms with Gasteiger partial charge in [0.1, 0.15) is 5.82 Å². The van der Waals surface area contributed by atoms with Crippen molar-refractivity contribution in [2.75, 3.05) is 12.8 Å². The van der Waals surface area contributed by atoms with Crippen LogP contribution in [0.15, 0.2) is 36.5 Å². The van der Waals surface area contributed by atoms with Crippen molar-refractivity contribution in [2.45, 2.75) is 0 Å². The zero-order valence-electron chi connectivity index (χ0n) is 9.18. The van der Waals surface area contributed by atoms with Gasteiger partial charge in [-0.2, -0.15) is 0 Å². The van der Waals surface area contributed by atoms with Gasteiger partial charge in [0.15, 0.2) is 23.1 Å². The molecule has 0 radical (unpaired) electrons. The van der Waals surface area contributed by atoms with Gasteiger partial charge in [0.05, 0.1) is 7.11 Å². The second-order valence-electron chi connectivity index (χ2n) is 3.28. The Morgan fingerprint density at radius 2 is 2.00 bits per heavy atom. The molecule has 2 aromatic rings. The first-order valence-corrected chi connectivity index (χ1v) is 4.92. The van der Waals surface area contributed by atoms with E-state index >= 15 is 0 Å². The quantitative estimate of drug-likeness (QED) is 0.886. The van der Waals surface area contributed by atoms with E-state index < -0.39 is 5.82 Å². The normalized spacial score (nSPS) is 10.0. The number of halogens is 1. The molecule has 0 aliphatic heterocycles. The minimum atomic E-state index is -0.414. The largest absolute Gasteiger partial charge is 0.493 e. The van der Waals surface area contributed by atoms with Crippen LogP contribution in [-0.4, -0.2) is 12.1 Å². The molecule has 0 saturated heterocycles. The Bertz CT molecular complexity index is 532. The van der Waals surface area contributed by atoms with Gasteiger partial charge < -0.3 is 15.2 Å². The van der Waals surface area contributed by atoms with Crippen LogP contribution in [0, 0.1) is 5.82 Å². The maximum Gasteiger partial charge on any atom is 0.172 e. The third-order valence-electron chi connectivity index (χ3n) is 2.15. The molecule has 1 aromatic carbocycles. The van der Waals surface area contributed by atoms with E-state index in [1.165, 1.54) is 25.3 Å². The first-order chi connectivity index (χ1) is 8.20. The van der Waals surface area contributed by atoms with Gasteiger partial charge in [0.2, 0.25) is 0 Å². The molecule has 0 bridgehead atoms. The lowest BCUT2D eigenvalue weighted by atomic mass is 10.3. The molecule has 4 nitrogen and oxygen atoms in total. The third kappa shape index (κ3) is 2.44. The number of ether oxygens (including phenoxy) is 2. The van der Waals surface area contributed by atoms with Crippen LogP contribution in [0.4, 0.5) is 10.2 Å². The summed E-state index contributed by atoms with van der Waals surface area (Å²) in [5.74, 6) is 0.861. The molecule has 2 N–H and O–H groups in total. The highest BCUT2D eigenvalue weighted by molar-refractivity contribution is 5.50. The molecular weight excluding hydrogens is 223 g/mol. The summed E-state index contributed by atoms with van der Waals surface area (Å²) < 4.78 is 23.6. The molecular formula is C12H11FN2O2. The number of nitrogens with zero attached hydrogens (tertiary/aromatic N) is 1. The van der Waals surface area contributed by atoms with Gasteiger partial charge in [-0.15, -0.1) is 0 Å². The first kappa shape index (κ1) is 11.2. The Hall–Kier alpha value is -2.30. The average molecular weight is 234 g/mol.